The SMILES string of the molecule is COCCCNC(=O)CN1CCN(C(=O)NCC2CCCC2)CC1. The minimum absolute atomic E-state index is 0.0465. The number of nitrogens with zero attached hydrogens (tertiary/aromatic N) is 2. The Morgan fingerprint density at radius 2 is 1.79 bits per heavy atom. The number of amides is 3. The Balaban J connectivity index is 1.56. The van der Waals surface area contributed by atoms with Gasteiger partial charge in [0.1, 0.15) is 0 Å². The van der Waals surface area contributed by atoms with Crippen molar-refractivity contribution >= 4 is 11.9 Å². The fourth-order valence-corrected chi connectivity index (χ4v) is 3.37. The van der Waals surface area contributed by atoms with Gasteiger partial charge in [-0.05, 0) is 25.2 Å². The number of nitrogens with one attached hydrogen (secondary N) is 2. The predicted octanol–water partition coefficient (Wildman–Crippen LogP) is 0.657. The van der Waals surface area contributed by atoms with E-state index >= 15 is 0 Å². The number of carbonyl (C=O) groups is 2. The Labute approximate surface area is 145 Å². The van der Waals surface area contributed by atoms with Crippen LogP contribution in [-0.4, -0.2) is 81.3 Å². The Kier molecular flexibility index (Phi) is 8.32. The number of methoxy groups -OCH3 is 1. The van der Waals surface area contributed by atoms with E-state index in [4.69, 9.17) is 4.74 Å². The lowest BCUT2D eigenvalue weighted by Crippen LogP contribution is -2.53. The number of urea groups is 1. The Bertz CT molecular complexity index is 391. The first kappa shape index (κ1) is 19.0. The van der Waals surface area contributed by atoms with E-state index in [2.05, 4.69) is 15.5 Å². The molecule has 1 saturated carbocycles. The highest BCUT2D eigenvalue weighted by Gasteiger charge is 2.23. The second-order valence-electron chi connectivity index (χ2n) is 6.80. The summed E-state index contributed by atoms with van der Waals surface area (Å²) in [6.45, 7) is 5.41. The topological polar surface area (TPSA) is 73.9 Å². The summed E-state index contributed by atoms with van der Waals surface area (Å²) >= 11 is 0. The maximum Gasteiger partial charge on any atom is 0.317 e. The standard InChI is InChI=1S/C17H32N4O3/c1-24-12-4-7-18-16(22)14-20-8-10-21(11-9-20)17(23)19-13-15-5-2-3-6-15/h15H,2-14H2,1H3,(H,18,22)(H,19,23). The van der Waals surface area contributed by atoms with E-state index in [1.54, 1.807) is 7.11 Å². The van der Waals surface area contributed by atoms with Gasteiger partial charge in [0.05, 0.1) is 6.54 Å². The Hall–Kier alpha value is -1.34. The van der Waals surface area contributed by atoms with Gasteiger partial charge in [-0.2, -0.15) is 0 Å². The molecule has 0 aromatic rings. The van der Waals surface area contributed by atoms with Crippen LogP contribution >= 0.6 is 0 Å². The van der Waals surface area contributed by atoms with Crippen LogP contribution in [0, 0.1) is 5.92 Å². The van der Waals surface area contributed by atoms with Gasteiger partial charge in [0, 0.05) is 53.0 Å². The molecule has 7 heteroatoms. The van der Waals surface area contributed by atoms with Crippen LogP contribution in [0.3, 0.4) is 0 Å². The molecule has 138 valence electrons. The van der Waals surface area contributed by atoms with Gasteiger partial charge in [-0.15, -0.1) is 0 Å². The van der Waals surface area contributed by atoms with Crippen LogP contribution < -0.4 is 10.6 Å². The van der Waals surface area contributed by atoms with Crippen molar-refractivity contribution in [2.75, 3.05) is 59.5 Å². The molecule has 1 heterocycles. The van der Waals surface area contributed by atoms with Crippen LogP contribution in [0.5, 0.6) is 0 Å². The minimum Gasteiger partial charge on any atom is -0.385 e. The van der Waals surface area contributed by atoms with E-state index in [1.807, 2.05) is 4.90 Å². The fraction of sp³-hybridized carbons (Fsp3) is 0.882. The molecule has 3 amide bonds. The van der Waals surface area contributed by atoms with Gasteiger partial charge in [-0.1, -0.05) is 12.8 Å². The molecule has 0 radical (unpaired) electrons. The van der Waals surface area contributed by atoms with Crippen molar-refractivity contribution in [1.82, 2.24) is 20.4 Å². The summed E-state index contributed by atoms with van der Waals surface area (Å²) in [6, 6.07) is 0.0468. The maximum atomic E-state index is 12.2. The molecule has 0 bridgehead atoms. The summed E-state index contributed by atoms with van der Waals surface area (Å²) in [7, 11) is 1.66. The third-order valence-electron chi connectivity index (χ3n) is 4.89. The summed E-state index contributed by atoms with van der Waals surface area (Å²) in [5, 5.41) is 5.96. The molecule has 1 saturated heterocycles. The zero-order chi connectivity index (χ0) is 17.2. The molecule has 2 aliphatic rings. The molecule has 0 aromatic heterocycles. The number of ether oxygens (including phenoxy) is 1. The molecule has 24 heavy (non-hydrogen) atoms. The molecule has 7 nitrogen and oxygen atoms in total. The average molecular weight is 340 g/mol. The zero-order valence-electron chi connectivity index (χ0n) is 14.9. The molecule has 0 unspecified atom stereocenters. The van der Waals surface area contributed by atoms with Gasteiger partial charge < -0.3 is 20.3 Å². The lowest BCUT2D eigenvalue weighted by molar-refractivity contribution is -0.122. The first-order valence-electron chi connectivity index (χ1n) is 9.20. The lowest BCUT2D eigenvalue weighted by Gasteiger charge is -2.34. The van der Waals surface area contributed by atoms with Gasteiger partial charge in [0.15, 0.2) is 0 Å². The first-order chi connectivity index (χ1) is 11.7. The second kappa shape index (κ2) is 10.5. The zero-order valence-corrected chi connectivity index (χ0v) is 14.9. The monoisotopic (exact) mass is 340 g/mol. The van der Waals surface area contributed by atoms with Crippen LogP contribution in [0.15, 0.2) is 0 Å². The van der Waals surface area contributed by atoms with Crippen molar-refractivity contribution in [3.8, 4) is 0 Å². The van der Waals surface area contributed by atoms with Gasteiger partial charge in [0.2, 0.25) is 5.91 Å². The number of carbonyl (C=O) groups excluding carboxylic acids is 2. The van der Waals surface area contributed by atoms with Crippen LogP contribution in [-0.2, 0) is 9.53 Å². The van der Waals surface area contributed by atoms with Crippen LogP contribution in [0.4, 0.5) is 4.79 Å². The molecule has 2 N–H and O–H groups in total. The van der Waals surface area contributed by atoms with Crippen LogP contribution in [0.1, 0.15) is 32.1 Å². The van der Waals surface area contributed by atoms with Gasteiger partial charge in [0.25, 0.3) is 0 Å². The van der Waals surface area contributed by atoms with Gasteiger partial charge in [-0.3, -0.25) is 9.69 Å². The largest absolute Gasteiger partial charge is 0.385 e. The molecule has 1 aliphatic heterocycles. The van der Waals surface area contributed by atoms with Gasteiger partial charge >= 0.3 is 6.03 Å². The van der Waals surface area contributed by atoms with E-state index in [0.717, 1.165) is 26.1 Å². The van der Waals surface area contributed by atoms with E-state index in [9.17, 15) is 9.59 Å². The van der Waals surface area contributed by atoms with Crippen LogP contribution in [0.2, 0.25) is 0 Å². The van der Waals surface area contributed by atoms with Crippen molar-refractivity contribution in [2.24, 2.45) is 5.92 Å². The number of piperazine rings is 1. The molecule has 0 aromatic carbocycles. The highest BCUT2D eigenvalue weighted by atomic mass is 16.5. The first-order valence-corrected chi connectivity index (χ1v) is 9.20. The van der Waals surface area contributed by atoms with E-state index in [1.165, 1.54) is 25.7 Å². The highest BCUT2D eigenvalue weighted by molar-refractivity contribution is 5.78. The third-order valence-corrected chi connectivity index (χ3v) is 4.89. The van der Waals surface area contributed by atoms with Crippen molar-refractivity contribution in [3.63, 3.8) is 0 Å². The van der Waals surface area contributed by atoms with E-state index in [-0.39, 0.29) is 11.9 Å². The number of hydrogen-bond donors (Lipinski definition) is 2. The summed E-state index contributed by atoms with van der Waals surface area (Å²) < 4.78 is 4.95. The Morgan fingerprint density at radius 3 is 2.46 bits per heavy atom. The quantitative estimate of drug-likeness (QED) is 0.637. The average Bonchev–Trinajstić information content (AvgIpc) is 3.11. The molecule has 0 spiro atoms. The molecular formula is C17H32N4O3. The maximum absolute atomic E-state index is 12.2. The summed E-state index contributed by atoms with van der Waals surface area (Å²) in [6.07, 6.45) is 5.91. The molecular weight excluding hydrogens is 308 g/mol. The van der Waals surface area contributed by atoms with E-state index < -0.39 is 0 Å². The Morgan fingerprint density at radius 1 is 1.08 bits per heavy atom. The molecule has 1 aliphatic carbocycles. The van der Waals surface area contributed by atoms with Crippen molar-refractivity contribution < 1.29 is 14.3 Å². The minimum atomic E-state index is 0.0465. The summed E-state index contributed by atoms with van der Waals surface area (Å²) in [5.41, 5.74) is 0. The lowest BCUT2D eigenvalue weighted by atomic mass is 10.1. The van der Waals surface area contributed by atoms with E-state index in [0.29, 0.717) is 38.7 Å². The number of rotatable bonds is 8. The van der Waals surface area contributed by atoms with Gasteiger partial charge in [-0.25, -0.2) is 4.79 Å². The number of hydrogen-bond acceptors (Lipinski definition) is 4. The van der Waals surface area contributed by atoms with Crippen molar-refractivity contribution in [3.05, 3.63) is 0 Å². The summed E-state index contributed by atoms with van der Waals surface area (Å²) in [4.78, 5) is 28.0. The fourth-order valence-electron chi connectivity index (χ4n) is 3.37. The van der Waals surface area contributed by atoms with Crippen LogP contribution in [0.25, 0.3) is 0 Å². The second-order valence-corrected chi connectivity index (χ2v) is 6.80. The molecule has 2 fully saturated rings. The molecule has 0 atom stereocenters. The highest BCUT2D eigenvalue weighted by Crippen LogP contribution is 2.23. The smallest absolute Gasteiger partial charge is 0.317 e. The predicted molar refractivity (Wildman–Crippen MR) is 92.9 cm³/mol. The summed E-state index contributed by atoms with van der Waals surface area (Å²) in [5.74, 6) is 0.710. The normalized spacial score (nSPS) is 19.5. The van der Waals surface area contributed by atoms with Crippen molar-refractivity contribution in [1.29, 1.82) is 0 Å². The third kappa shape index (κ3) is 6.65. The van der Waals surface area contributed by atoms with Crippen molar-refractivity contribution in [2.45, 2.75) is 32.1 Å². The molecule has 2 rings (SSSR count).